The number of hydrogen-bond donors (Lipinski definition) is 0. The van der Waals surface area contributed by atoms with Crippen LogP contribution in [0.15, 0.2) is 47.8 Å². The molecule has 2 aromatic carbocycles. The summed E-state index contributed by atoms with van der Waals surface area (Å²) in [6.07, 6.45) is 0.204. The van der Waals surface area contributed by atoms with Crippen LogP contribution < -0.4 is 14.2 Å². The highest BCUT2D eigenvalue weighted by molar-refractivity contribution is 7.15. The maximum atomic E-state index is 9.53. The number of fused-ring (bicyclic) bond motifs is 1. The third kappa shape index (κ3) is 3.18. The number of ether oxygens (including phenoxy) is 3. The zero-order chi connectivity index (χ0) is 20.4. The summed E-state index contributed by atoms with van der Waals surface area (Å²) in [6.45, 7) is 0. The molecule has 0 radical (unpaired) electrons. The van der Waals surface area contributed by atoms with Crippen LogP contribution in [0, 0.1) is 11.3 Å². The van der Waals surface area contributed by atoms with Crippen LogP contribution in [-0.4, -0.2) is 30.7 Å². The number of rotatable bonds is 6. The van der Waals surface area contributed by atoms with Crippen LogP contribution in [-0.2, 0) is 6.42 Å². The van der Waals surface area contributed by atoms with Crippen molar-refractivity contribution >= 4 is 16.3 Å². The number of nitriles is 1. The molecule has 0 spiro atoms. The highest BCUT2D eigenvalue weighted by Gasteiger charge is 2.22. The SMILES string of the molecule is COc1ccc(OC)c(-c2nc3scc(-c4ccccc4OC)n3c2CC#N)c1. The predicted molar refractivity (Wildman–Crippen MR) is 113 cm³/mol. The van der Waals surface area contributed by atoms with Crippen molar-refractivity contribution in [3.63, 3.8) is 0 Å². The first-order valence-corrected chi connectivity index (χ1v) is 9.81. The number of nitrogens with zero attached hydrogens (tertiary/aromatic N) is 3. The molecule has 2 aromatic heterocycles. The van der Waals surface area contributed by atoms with Gasteiger partial charge >= 0.3 is 0 Å². The predicted octanol–water partition coefficient (Wildman–Crippen LogP) is 4.82. The van der Waals surface area contributed by atoms with Crippen molar-refractivity contribution in [2.45, 2.75) is 6.42 Å². The van der Waals surface area contributed by atoms with Crippen molar-refractivity contribution in [2.24, 2.45) is 0 Å². The summed E-state index contributed by atoms with van der Waals surface area (Å²) in [6, 6.07) is 15.7. The number of imidazole rings is 1. The second-order valence-electron chi connectivity index (χ2n) is 6.25. The van der Waals surface area contributed by atoms with Gasteiger partial charge in [0.2, 0.25) is 0 Å². The molecule has 7 heteroatoms. The smallest absolute Gasteiger partial charge is 0.195 e. The molecule has 29 heavy (non-hydrogen) atoms. The van der Waals surface area contributed by atoms with E-state index in [0.29, 0.717) is 17.2 Å². The minimum absolute atomic E-state index is 0.204. The lowest BCUT2D eigenvalue weighted by Crippen LogP contribution is -1.98. The van der Waals surface area contributed by atoms with E-state index in [0.717, 1.165) is 33.2 Å². The highest BCUT2D eigenvalue weighted by Crippen LogP contribution is 2.40. The van der Waals surface area contributed by atoms with Crippen molar-refractivity contribution in [3.05, 3.63) is 53.5 Å². The third-order valence-electron chi connectivity index (χ3n) is 4.75. The van der Waals surface area contributed by atoms with Crippen molar-refractivity contribution < 1.29 is 14.2 Å². The lowest BCUT2D eigenvalue weighted by molar-refractivity contribution is 0.404. The van der Waals surface area contributed by atoms with E-state index >= 15 is 0 Å². The van der Waals surface area contributed by atoms with E-state index in [-0.39, 0.29) is 6.42 Å². The fourth-order valence-electron chi connectivity index (χ4n) is 3.41. The Morgan fingerprint density at radius 2 is 1.76 bits per heavy atom. The average molecular weight is 405 g/mol. The van der Waals surface area contributed by atoms with Crippen LogP contribution >= 0.6 is 11.3 Å². The van der Waals surface area contributed by atoms with E-state index in [1.807, 2.05) is 52.2 Å². The number of thiazole rings is 1. The zero-order valence-corrected chi connectivity index (χ0v) is 17.1. The molecule has 0 aliphatic heterocycles. The Bertz CT molecular complexity index is 1220. The molecule has 0 amide bonds. The second-order valence-corrected chi connectivity index (χ2v) is 7.08. The van der Waals surface area contributed by atoms with Gasteiger partial charge in [0.05, 0.1) is 50.9 Å². The molecule has 0 aliphatic carbocycles. The summed E-state index contributed by atoms with van der Waals surface area (Å²) in [5, 5.41) is 11.6. The maximum absolute atomic E-state index is 9.53. The molecule has 0 atom stereocenters. The maximum Gasteiger partial charge on any atom is 0.195 e. The standard InChI is InChI=1S/C22H19N3O3S/c1-26-14-8-9-20(28-3)16(12-14)21-17(10-11-23)25-18(13-29-22(25)24-21)15-6-4-5-7-19(15)27-2/h4-9,12-13H,10H2,1-3H3. The van der Waals surface area contributed by atoms with Gasteiger partial charge in [0.1, 0.15) is 17.2 Å². The van der Waals surface area contributed by atoms with Crippen molar-refractivity contribution in [1.82, 2.24) is 9.38 Å². The fraction of sp³-hybridized carbons (Fsp3) is 0.182. The van der Waals surface area contributed by atoms with Crippen LogP contribution in [0.2, 0.25) is 0 Å². The van der Waals surface area contributed by atoms with Gasteiger partial charge in [-0.05, 0) is 30.3 Å². The second kappa shape index (κ2) is 7.86. The van der Waals surface area contributed by atoms with E-state index in [2.05, 4.69) is 6.07 Å². The summed E-state index contributed by atoms with van der Waals surface area (Å²) in [4.78, 5) is 5.64. The van der Waals surface area contributed by atoms with Crippen LogP contribution in [0.25, 0.3) is 27.5 Å². The molecule has 2 heterocycles. The number of hydrogen-bond acceptors (Lipinski definition) is 6. The molecule has 0 saturated carbocycles. The largest absolute Gasteiger partial charge is 0.497 e. The highest BCUT2D eigenvalue weighted by atomic mass is 32.1. The van der Waals surface area contributed by atoms with Gasteiger partial charge in [-0.2, -0.15) is 5.26 Å². The van der Waals surface area contributed by atoms with Gasteiger partial charge in [-0.3, -0.25) is 4.40 Å². The molecule has 0 aliphatic rings. The first kappa shape index (κ1) is 18.8. The number of aromatic nitrogens is 2. The van der Waals surface area contributed by atoms with Crippen LogP contribution in [0.3, 0.4) is 0 Å². The minimum Gasteiger partial charge on any atom is -0.497 e. The minimum atomic E-state index is 0.204. The van der Waals surface area contributed by atoms with Gasteiger partial charge in [0, 0.05) is 16.5 Å². The van der Waals surface area contributed by atoms with Gasteiger partial charge in [-0.25, -0.2) is 4.98 Å². The molecule has 4 rings (SSSR count). The molecule has 0 bridgehead atoms. The Hall–Kier alpha value is -3.50. The summed E-state index contributed by atoms with van der Waals surface area (Å²) in [5.74, 6) is 2.14. The van der Waals surface area contributed by atoms with E-state index in [4.69, 9.17) is 19.2 Å². The summed E-state index contributed by atoms with van der Waals surface area (Å²) in [7, 11) is 4.89. The summed E-state index contributed by atoms with van der Waals surface area (Å²) >= 11 is 1.52. The number of para-hydroxylation sites is 1. The first-order chi connectivity index (χ1) is 14.2. The topological polar surface area (TPSA) is 68.8 Å². The summed E-state index contributed by atoms with van der Waals surface area (Å²) in [5.41, 5.74) is 4.19. The molecule has 0 fully saturated rings. The Labute approximate surface area is 172 Å². The Morgan fingerprint density at radius 3 is 2.48 bits per heavy atom. The molecule has 0 saturated heterocycles. The molecule has 146 valence electrons. The molecular weight excluding hydrogens is 386 g/mol. The first-order valence-electron chi connectivity index (χ1n) is 8.93. The quantitative estimate of drug-likeness (QED) is 0.460. The molecule has 0 unspecified atom stereocenters. The van der Waals surface area contributed by atoms with E-state index in [1.54, 1.807) is 21.3 Å². The number of benzene rings is 2. The van der Waals surface area contributed by atoms with Crippen LogP contribution in [0.4, 0.5) is 0 Å². The van der Waals surface area contributed by atoms with Gasteiger partial charge in [0.15, 0.2) is 4.96 Å². The molecule has 6 nitrogen and oxygen atoms in total. The average Bonchev–Trinajstić information content (AvgIpc) is 3.33. The van der Waals surface area contributed by atoms with E-state index in [9.17, 15) is 5.26 Å². The fourth-order valence-corrected chi connectivity index (χ4v) is 4.32. The Morgan fingerprint density at radius 1 is 1.00 bits per heavy atom. The lowest BCUT2D eigenvalue weighted by Gasteiger charge is -2.11. The van der Waals surface area contributed by atoms with E-state index < -0.39 is 0 Å². The van der Waals surface area contributed by atoms with Gasteiger partial charge in [-0.1, -0.05) is 12.1 Å². The Kier molecular flexibility index (Phi) is 5.10. The van der Waals surface area contributed by atoms with Gasteiger partial charge in [0.25, 0.3) is 0 Å². The normalized spacial score (nSPS) is 10.7. The Balaban J connectivity index is 2.01. The number of methoxy groups -OCH3 is 3. The van der Waals surface area contributed by atoms with Gasteiger partial charge < -0.3 is 14.2 Å². The van der Waals surface area contributed by atoms with Crippen molar-refractivity contribution in [1.29, 1.82) is 5.26 Å². The third-order valence-corrected chi connectivity index (χ3v) is 5.58. The van der Waals surface area contributed by atoms with E-state index in [1.165, 1.54) is 11.3 Å². The van der Waals surface area contributed by atoms with Crippen LogP contribution in [0.5, 0.6) is 17.2 Å². The molecule has 4 aromatic rings. The monoisotopic (exact) mass is 405 g/mol. The molecular formula is C22H19N3O3S. The van der Waals surface area contributed by atoms with Crippen molar-refractivity contribution in [2.75, 3.05) is 21.3 Å². The van der Waals surface area contributed by atoms with Gasteiger partial charge in [-0.15, -0.1) is 11.3 Å². The zero-order valence-electron chi connectivity index (χ0n) is 16.3. The molecule has 0 N–H and O–H groups in total. The lowest BCUT2D eigenvalue weighted by atomic mass is 10.1. The van der Waals surface area contributed by atoms with Crippen molar-refractivity contribution in [3.8, 4) is 45.8 Å². The summed E-state index contributed by atoms with van der Waals surface area (Å²) < 4.78 is 18.5. The van der Waals surface area contributed by atoms with Crippen LogP contribution in [0.1, 0.15) is 5.69 Å².